The van der Waals surface area contributed by atoms with Crippen molar-refractivity contribution in [1.29, 1.82) is 0 Å². The summed E-state index contributed by atoms with van der Waals surface area (Å²) in [6.07, 6.45) is 3.35. The SMILES string of the molecule is O=C(NCc1nnc2ccccn12)c1ccc(Cl)c(S(=O)(=O)NCC2CCCO2)c1. The van der Waals surface area contributed by atoms with Crippen molar-refractivity contribution in [3.05, 3.63) is 59.0 Å². The molecule has 0 bridgehead atoms. The number of ether oxygens (including phenoxy) is 1. The molecule has 9 nitrogen and oxygen atoms in total. The van der Waals surface area contributed by atoms with Crippen LogP contribution < -0.4 is 10.0 Å². The summed E-state index contributed by atoms with van der Waals surface area (Å²) >= 11 is 6.10. The van der Waals surface area contributed by atoms with Gasteiger partial charge in [-0.25, -0.2) is 13.1 Å². The molecule has 0 saturated carbocycles. The second-order valence-corrected chi connectivity index (χ2v) is 9.00. The van der Waals surface area contributed by atoms with Gasteiger partial charge in [-0.2, -0.15) is 0 Å². The molecule has 30 heavy (non-hydrogen) atoms. The van der Waals surface area contributed by atoms with Gasteiger partial charge < -0.3 is 10.1 Å². The molecular weight excluding hydrogens is 430 g/mol. The number of nitrogens with zero attached hydrogens (tertiary/aromatic N) is 3. The highest BCUT2D eigenvalue weighted by molar-refractivity contribution is 7.89. The standard InChI is InChI=1S/C19H20ClN5O4S/c20-15-7-6-13(10-16(15)30(27,28)22-11-14-4-3-9-29-14)19(26)21-12-18-24-23-17-5-1-2-8-25(17)18/h1-2,5-8,10,14,22H,3-4,9,11-12H2,(H,21,26). The van der Waals surface area contributed by atoms with E-state index in [2.05, 4.69) is 20.2 Å². The average Bonchev–Trinajstić information content (AvgIpc) is 3.41. The summed E-state index contributed by atoms with van der Waals surface area (Å²) in [6.45, 7) is 0.922. The van der Waals surface area contributed by atoms with E-state index in [0.717, 1.165) is 12.8 Å². The molecule has 3 aromatic rings. The van der Waals surface area contributed by atoms with Gasteiger partial charge in [-0.15, -0.1) is 10.2 Å². The first-order chi connectivity index (χ1) is 14.4. The van der Waals surface area contributed by atoms with Crippen LogP contribution in [0.2, 0.25) is 5.02 Å². The second kappa shape index (κ2) is 8.68. The first kappa shape index (κ1) is 20.7. The molecule has 0 spiro atoms. The first-order valence-electron chi connectivity index (χ1n) is 9.42. The number of sulfonamides is 1. The van der Waals surface area contributed by atoms with E-state index in [4.69, 9.17) is 16.3 Å². The third-order valence-corrected chi connectivity index (χ3v) is 6.70. The Morgan fingerprint density at radius 3 is 2.93 bits per heavy atom. The van der Waals surface area contributed by atoms with Crippen molar-refractivity contribution in [1.82, 2.24) is 24.6 Å². The molecule has 1 atom stereocenters. The number of carbonyl (C=O) groups is 1. The summed E-state index contributed by atoms with van der Waals surface area (Å²) in [5.74, 6) is 0.105. The minimum Gasteiger partial charge on any atom is -0.377 e. The zero-order valence-electron chi connectivity index (χ0n) is 15.9. The number of pyridine rings is 1. The normalized spacial score (nSPS) is 16.8. The quantitative estimate of drug-likeness (QED) is 0.568. The topological polar surface area (TPSA) is 115 Å². The van der Waals surface area contributed by atoms with Gasteiger partial charge >= 0.3 is 0 Å². The molecular formula is C19H20ClN5O4S. The highest BCUT2D eigenvalue weighted by Gasteiger charge is 2.23. The Morgan fingerprint density at radius 1 is 1.27 bits per heavy atom. The van der Waals surface area contributed by atoms with Crippen LogP contribution in [0.25, 0.3) is 5.65 Å². The summed E-state index contributed by atoms with van der Waals surface area (Å²) < 4.78 is 35.0. The van der Waals surface area contributed by atoms with Crippen molar-refractivity contribution in [2.75, 3.05) is 13.2 Å². The number of amides is 1. The molecule has 0 aliphatic carbocycles. The monoisotopic (exact) mass is 449 g/mol. The number of hydrogen-bond donors (Lipinski definition) is 2. The highest BCUT2D eigenvalue weighted by atomic mass is 35.5. The lowest BCUT2D eigenvalue weighted by atomic mass is 10.2. The number of halogens is 1. The largest absolute Gasteiger partial charge is 0.377 e. The van der Waals surface area contributed by atoms with Crippen LogP contribution in [0.5, 0.6) is 0 Å². The number of benzene rings is 1. The smallest absolute Gasteiger partial charge is 0.251 e. The molecule has 0 radical (unpaired) electrons. The molecule has 158 valence electrons. The summed E-state index contributed by atoms with van der Waals surface area (Å²) in [4.78, 5) is 12.4. The lowest BCUT2D eigenvalue weighted by Gasteiger charge is -2.13. The highest BCUT2D eigenvalue weighted by Crippen LogP contribution is 2.23. The Labute approximate surface area is 178 Å². The first-order valence-corrected chi connectivity index (χ1v) is 11.3. The predicted molar refractivity (Wildman–Crippen MR) is 110 cm³/mol. The van der Waals surface area contributed by atoms with Gasteiger partial charge in [0.15, 0.2) is 11.5 Å². The summed E-state index contributed by atoms with van der Waals surface area (Å²) in [6, 6.07) is 9.61. The van der Waals surface area contributed by atoms with Crippen molar-refractivity contribution < 1.29 is 17.9 Å². The van der Waals surface area contributed by atoms with Crippen LogP contribution >= 0.6 is 11.6 Å². The lowest BCUT2D eigenvalue weighted by molar-refractivity contribution is 0.0949. The molecule has 1 aromatic carbocycles. The predicted octanol–water partition coefficient (Wildman–Crippen LogP) is 1.77. The number of hydrogen-bond acceptors (Lipinski definition) is 6. The van der Waals surface area contributed by atoms with Crippen LogP contribution in [0.1, 0.15) is 29.0 Å². The minimum atomic E-state index is -3.89. The Kier molecular flexibility index (Phi) is 6.00. The molecule has 2 N–H and O–H groups in total. The van der Waals surface area contributed by atoms with E-state index in [9.17, 15) is 13.2 Å². The number of fused-ring (bicyclic) bond motifs is 1. The van der Waals surface area contributed by atoms with E-state index in [1.807, 2.05) is 12.1 Å². The van der Waals surface area contributed by atoms with E-state index >= 15 is 0 Å². The molecule has 1 aliphatic rings. The molecule has 2 aromatic heterocycles. The van der Waals surface area contributed by atoms with Crippen molar-refractivity contribution in [3.8, 4) is 0 Å². The van der Waals surface area contributed by atoms with Crippen LogP contribution in [0.3, 0.4) is 0 Å². The fourth-order valence-corrected chi connectivity index (χ4v) is 4.80. The van der Waals surface area contributed by atoms with Gasteiger partial charge in [-0.3, -0.25) is 9.20 Å². The van der Waals surface area contributed by atoms with Crippen molar-refractivity contribution in [2.45, 2.75) is 30.4 Å². The van der Waals surface area contributed by atoms with Gasteiger partial charge in [0.2, 0.25) is 10.0 Å². The second-order valence-electron chi connectivity index (χ2n) is 6.86. The third-order valence-electron chi connectivity index (χ3n) is 4.80. The summed E-state index contributed by atoms with van der Waals surface area (Å²) in [5, 5.41) is 10.8. The van der Waals surface area contributed by atoms with Gasteiger partial charge in [-0.1, -0.05) is 17.7 Å². The summed E-state index contributed by atoms with van der Waals surface area (Å²) in [7, 11) is -3.89. The maximum absolute atomic E-state index is 12.7. The maximum atomic E-state index is 12.7. The fourth-order valence-electron chi connectivity index (χ4n) is 3.21. The molecule has 1 aliphatic heterocycles. The Hall–Kier alpha value is -2.53. The molecule has 1 amide bonds. The van der Waals surface area contributed by atoms with E-state index < -0.39 is 15.9 Å². The lowest BCUT2D eigenvalue weighted by Crippen LogP contribution is -2.32. The van der Waals surface area contributed by atoms with E-state index in [0.29, 0.717) is 18.1 Å². The van der Waals surface area contributed by atoms with Gasteiger partial charge in [0.1, 0.15) is 4.90 Å². The van der Waals surface area contributed by atoms with Crippen LogP contribution in [0.4, 0.5) is 0 Å². The molecule has 4 rings (SSSR count). The van der Waals surface area contributed by atoms with E-state index in [1.165, 1.54) is 18.2 Å². The van der Waals surface area contributed by atoms with Crippen LogP contribution in [-0.2, 0) is 21.3 Å². The van der Waals surface area contributed by atoms with Crippen LogP contribution in [0.15, 0.2) is 47.5 Å². The van der Waals surface area contributed by atoms with Gasteiger partial charge in [0.05, 0.1) is 17.7 Å². The average molecular weight is 450 g/mol. The Morgan fingerprint density at radius 2 is 2.13 bits per heavy atom. The number of carbonyl (C=O) groups excluding carboxylic acids is 1. The molecule has 1 saturated heterocycles. The fraction of sp³-hybridized carbons (Fsp3) is 0.316. The maximum Gasteiger partial charge on any atom is 0.251 e. The van der Waals surface area contributed by atoms with E-state index in [-0.39, 0.29) is 34.7 Å². The Bertz CT molecular complexity index is 1170. The molecule has 11 heteroatoms. The number of rotatable bonds is 7. The Balaban J connectivity index is 1.47. The van der Waals surface area contributed by atoms with Crippen molar-refractivity contribution in [3.63, 3.8) is 0 Å². The van der Waals surface area contributed by atoms with Crippen LogP contribution in [0, 0.1) is 0 Å². The summed E-state index contributed by atoms with van der Waals surface area (Å²) in [5.41, 5.74) is 0.838. The molecule has 3 heterocycles. The zero-order chi connectivity index (χ0) is 21.1. The molecule has 1 fully saturated rings. The number of nitrogens with one attached hydrogen (secondary N) is 2. The van der Waals surface area contributed by atoms with Crippen LogP contribution in [-0.4, -0.2) is 48.2 Å². The minimum absolute atomic E-state index is 0.0369. The third kappa shape index (κ3) is 4.46. The van der Waals surface area contributed by atoms with Crippen molar-refractivity contribution >= 4 is 33.2 Å². The van der Waals surface area contributed by atoms with Gasteiger partial charge in [0.25, 0.3) is 5.91 Å². The van der Waals surface area contributed by atoms with E-state index in [1.54, 1.807) is 16.7 Å². The van der Waals surface area contributed by atoms with Crippen molar-refractivity contribution in [2.24, 2.45) is 0 Å². The zero-order valence-corrected chi connectivity index (χ0v) is 17.5. The number of aromatic nitrogens is 3. The van der Waals surface area contributed by atoms with Gasteiger partial charge in [-0.05, 0) is 43.2 Å². The van der Waals surface area contributed by atoms with Gasteiger partial charge in [0, 0.05) is 24.9 Å². The molecule has 1 unspecified atom stereocenters.